The molecule has 3 rings (SSSR count). The zero-order valence-electron chi connectivity index (χ0n) is 12.0. The first-order valence-corrected chi connectivity index (χ1v) is 7.33. The second-order valence-electron chi connectivity index (χ2n) is 5.51. The number of aliphatic carboxylic acids is 1. The van der Waals surface area contributed by atoms with E-state index < -0.39 is 17.8 Å². The van der Waals surface area contributed by atoms with Crippen LogP contribution in [0.4, 0.5) is 5.69 Å². The summed E-state index contributed by atoms with van der Waals surface area (Å²) in [5.74, 6) is -2.32. The second kappa shape index (κ2) is 6.02. The lowest BCUT2D eigenvalue weighted by Crippen LogP contribution is -2.34. The molecule has 0 aromatic heterocycles. The minimum absolute atomic E-state index is 0.229. The molecule has 0 aliphatic heterocycles. The number of allylic oxidation sites excluding steroid dienone is 2. The number of nitrogens with one attached hydrogen (secondary N) is 1. The van der Waals surface area contributed by atoms with Gasteiger partial charge in [0.2, 0.25) is 5.91 Å². The second-order valence-corrected chi connectivity index (χ2v) is 5.51. The van der Waals surface area contributed by atoms with Gasteiger partial charge in [0.15, 0.2) is 0 Å². The van der Waals surface area contributed by atoms with E-state index in [1.54, 1.807) is 0 Å². The average molecular weight is 295 g/mol. The van der Waals surface area contributed by atoms with Gasteiger partial charge in [-0.05, 0) is 24.3 Å². The maximum absolute atomic E-state index is 12.5. The fraction of sp³-hybridized carbons (Fsp3) is 0.222. The first-order valence-electron chi connectivity index (χ1n) is 7.33. The first kappa shape index (κ1) is 14.3. The van der Waals surface area contributed by atoms with Crippen LogP contribution >= 0.6 is 0 Å². The molecule has 4 heteroatoms. The summed E-state index contributed by atoms with van der Waals surface area (Å²) in [7, 11) is 0. The fourth-order valence-electron chi connectivity index (χ4n) is 2.94. The monoisotopic (exact) mass is 295 g/mol. The molecular formula is C18H17NO3. The maximum Gasteiger partial charge on any atom is 0.307 e. The topological polar surface area (TPSA) is 66.4 Å². The van der Waals surface area contributed by atoms with Gasteiger partial charge >= 0.3 is 5.97 Å². The Morgan fingerprint density at radius 1 is 0.955 bits per heavy atom. The molecule has 0 unspecified atom stereocenters. The van der Waals surface area contributed by atoms with Gasteiger partial charge in [0.1, 0.15) is 0 Å². The van der Waals surface area contributed by atoms with Crippen LogP contribution in [0, 0.1) is 11.8 Å². The number of amides is 1. The zero-order valence-corrected chi connectivity index (χ0v) is 12.0. The molecule has 1 aliphatic carbocycles. The van der Waals surface area contributed by atoms with Gasteiger partial charge in [-0.15, -0.1) is 0 Å². The Kier molecular flexibility index (Phi) is 3.92. The SMILES string of the molecule is O=C(O)[C@H]1CC=CC[C@H]1C(=O)Nc1cccc2ccccc12. The van der Waals surface area contributed by atoms with Crippen molar-refractivity contribution in [2.45, 2.75) is 12.8 Å². The molecule has 0 bridgehead atoms. The van der Waals surface area contributed by atoms with Crippen molar-refractivity contribution in [3.05, 3.63) is 54.6 Å². The van der Waals surface area contributed by atoms with Crippen molar-refractivity contribution >= 4 is 28.3 Å². The number of carbonyl (C=O) groups is 2. The van der Waals surface area contributed by atoms with E-state index in [2.05, 4.69) is 5.32 Å². The summed E-state index contributed by atoms with van der Waals surface area (Å²) < 4.78 is 0. The molecular weight excluding hydrogens is 278 g/mol. The van der Waals surface area contributed by atoms with Crippen LogP contribution in [0.5, 0.6) is 0 Å². The van der Waals surface area contributed by atoms with E-state index in [1.807, 2.05) is 54.6 Å². The molecule has 0 heterocycles. The molecule has 2 aromatic carbocycles. The third-order valence-corrected chi connectivity index (χ3v) is 4.13. The van der Waals surface area contributed by atoms with E-state index >= 15 is 0 Å². The number of hydrogen-bond acceptors (Lipinski definition) is 2. The predicted octanol–water partition coefficient (Wildman–Crippen LogP) is 3.45. The lowest BCUT2D eigenvalue weighted by atomic mass is 9.82. The smallest absolute Gasteiger partial charge is 0.307 e. The Morgan fingerprint density at radius 3 is 2.41 bits per heavy atom. The third-order valence-electron chi connectivity index (χ3n) is 4.13. The van der Waals surface area contributed by atoms with Crippen molar-refractivity contribution in [1.29, 1.82) is 0 Å². The number of carboxylic acid groups (broad SMARTS) is 1. The van der Waals surface area contributed by atoms with E-state index in [0.29, 0.717) is 12.8 Å². The highest BCUT2D eigenvalue weighted by Gasteiger charge is 2.34. The molecule has 0 saturated heterocycles. The molecule has 0 spiro atoms. The van der Waals surface area contributed by atoms with Crippen LogP contribution in [0.3, 0.4) is 0 Å². The summed E-state index contributed by atoms with van der Waals surface area (Å²) in [4.78, 5) is 23.8. The zero-order chi connectivity index (χ0) is 15.5. The molecule has 1 amide bonds. The van der Waals surface area contributed by atoms with E-state index in [0.717, 1.165) is 16.5 Å². The number of hydrogen-bond donors (Lipinski definition) is 2. The van der Waals surface area contributed by atoms with Gasteiger partial charge in [-0.25, -0.2) is 0 Å². The molecule has 112 valence electrons. The van der Waals surface area contributed by atoms with Crippen LogP contribution in [0.1, 0.15) is 12.8 Å². The highest BCUT2D eigenvalue weighted by molar-refractivity contribution is 6.03. The minimum atomic E-state index is -0.914. The summed E-state index contributed by atoms with van der Waals surface area (Å²) in [6, 6.07) is 13.5. The maximum atomic E-state index is 12.5. The number of fused-ring (bicyclic) bond motifs is 1. The van der Waals surface area contributed by atoms with Gasteiger partial charge in [0, 0.05) is 11.1 Å². The van der Waals surface area contributed by atoms with Gasteiger partial charge in [0.25, 0.3) is 0 Å². The molecule has 0 fully saturated rings. The molecule has 22 heavy (non-hydrogen) atoms. The Hall–Kier alpha value is -2.62. The van der Waals surface area contributed by atoms with Crippen molar-refractivity contribution in [2.75, 3.05) is 5.32 Å². The van der Waals surface area contributed by atoms with Crippen molar-refractivity contribution in [1.82, 2.24) is 0 Å². The van der Waals surface area contributed by atoms with Crippen LogP contribution in [0.25, 0.3) is 10.8 Å². The lowest BCUT2D eigenvalue weighted by molar-refractivity contribution is -0.146. The predicted molar refractivity (Wildman–Crippen MR) is 85.6 cm³/mol. The van der Waals surface area contributed by atoms with Crippen LogP contribution in [-0.4, -0.2) is 17.0 Å². The summed E-state index contributed by atoms with van der Waals surface area (Å²) in [6.07, 6.45) is 4.59. The van der Waals surface area contributed by atoms with Gasteiger partial charge in [-0.2, -0.15) is 0 Å². The molecule has 1 aliphatic rings. The quantitative estimate of drug-likeness (QED) is 0.852. The van der Waals surface area contributed by atoms with E-state index in [1.165, 1.54) is 0 Å². The van der Waals surface area contributed by atoms with Gasteiger partial charge in [-0.1, -0.05) is 48.6 Å². The Bertz CT molecular complexity index is 746. The summed E-state index contributed by atoms with van der Waals surface area (Å²) in [5.41, 5.74) is 0.724. The average Bonchev–Trinajstić information content (AvgIpc) is 2.55. The summed E-state index contributed by atoms with van der Waals surface area (Å²) >= 11 is 0. The Balaban J connectivity index is 1.86. The van der Waals surface area contributed by atoms with Gasteiger partial charge < -0.3 is 10.4 Å². The summed E-state index contributed by atoms with van der Waals surface area (Å²) in [6.45, 7) is 0. The van der Waals surface area contributed by atoms with Crippen molar-refractivity contribution in [2.24, 2.45) is 11.8 Å². The summed E-state index contributed by atoms with van der Waals surface area (Å²) in [5, 5.41) is 14.2. The number of carbonyl (C=O) groups excluding carboxylic acids is 1. The Labute approximate surface area is 128 Å². The normalized spacial score (nSPS) is 20.7. The van der Waals surface area contributed by atoms with Crippen LogP contribution < -0.4 is 5.32 Å². The standard InChI is InChI=1S/C18H17NO3/c20-17(14-9-3-4-10-15(14)18(21)22)19-16-11-5-7-12-6-1-2-8-13(12)16/h1-8,11,14-15H,9-10H2,(H,19,20)(H,21,22)/t14-,15+/m1/s1. The van der Waals surface area contributed by atoms with Crippen LogP contribution in [-0.2, 0) is 9.59 Å². The minimum Gasteiger partial charge on any atom is -0.481 e. The van der Waals surface area contributed by atoms with E-state index in [-0.39, 0.29) is 5.91 Å². The Morgan fingerprint density at radius 2 is 1.64 bits per heavy atom. The van der Waals surface area contributed by atoms with Crippen molar-refractivity contribution in [3.63, 3.8) is 0 Å². The molecule has 4 nitrogen and oxygen atoms in total. The van der Waals surface area contributed by atoms with Crippen molar-refractivity contribution in [3.8, 4) is 0 Å². The number of benzene rings is 2. The number of anilines is 1. The molecule has 2 aromatic rings. The molecule has 0 radical (unpaired) electrons. The fourth-order valence-corrected chi connectivity index (χ4v) is 2.94. The first-order chi connectivity index (χ1) is 10.7. The lowest BCUT2D eigenvalue weighted by Gasteiger charge is -2.24. The largest absolute Gasteiger partial charge is 0.481 e. The van der Waals surface area contributed by atoms with Crippen molar-refractivity contribution < 1.29 is 14.7 Å². The van der Waals surface area contributed by atoms with Crippen LogP contribution in [0.15, 0.2) is 54.6 Å². The highest BCUT2D eigenvalue weighted by atomic mass is 16.4. The van der Waals surface area contributed by atoms with Gasteiger partial charge in [-0.3, -0.25) is 9.59 Å². The third kappa shape index (κ3) is 2.72. The number of carboxylic acids is 1. The molecule has 2 atom stereocenters. The van der Waals surface area contributed by atoms with Crippen LogP contribution in [0.2, 0.25) is 0 Å². The number of rotatable bonds is 3. The van der Waals surface area contributed by atoms with E-state index in [9.17, 15) is 14.7 Å². The highest BCUT2D eigenvalue weighted by Crippen LogP contribution is 2.29. The van der Waals surface area contributed by atoms with Gasteiger partial charge in [0.05, 0.1) is 11.8 Å². The van der Waals surface area contributed by atoms with E-state index in [4.69, 9.17) is 0 Å². The molecule has 0 saturated carbocycles. The molecule has 2 N–H and O–H groups in total.